The molecule has 33 heavy (non-hydrogen) atoms. The summed E-state index contributed by atoms with van der Waals surface area (Å²) in [4.78, 5) is 29.1. The summed E-state index contributed by atoms with van der Waals surface area (Å²) >= 11 is 0. The van der Waals surface area contributed by atoms with Gasteiger partial charge in [-0.3, -0.25) is 9.32 Å². The minimum absolute atomic E-state index is 0.0810. The highest BCUT2D eigenvalue weighted by molar-refractivity contribution is 6.02. The lowest BCUT2D eigenvalue weighted by atomic mass is 10.1. The van der Waals surface area contributed by atoms with E-state index in [0.29, 0.717) is 22.9 Å². The van der Waals surface area contributed by atoms with Gasteiger partial charge in [-0.15, -0.1) is 0 Å². The molecule has 0 spiro atoms. The van der Waals surface area contributed by atoms with Gasteiger partial charge < -0.3 is 19.3 Å². The smallest absolute Gasteiger partial charge is 0.442 e. The van der Waals surface area contributed by atoms with Crippen LogP contribution in [0.3, 0.4) is 0 Å². The minimum Gasteiger partial charge on any atom is -0.493 e. The van der Waals surface area contributed by atoms with E-state index in [1.807, 2.05) is 30.3 Å². The van der Waals surface area contributed by atoms with E-state index in [-0.39, 0.29) is 11.4 Å². The fourth-order valence-electron chi connectivity index (χ4n) is 3.87. The van der Waals surface area contributed by atoms with Crippen LogP contribution in [0.4, 0.5) is 11.4 Å². The first-order valence-electron chi connectivity index (χ1n) is 9.94. The molecule has 3 aromatic rings. The number of benzene rings is 2. The Morgan fingerprint density at radius 3 is 2.27 bits per heavy atom. The summed E-state index contributed by atoms with van der Waals surface area (Å²) < 4.78 is 16.5. The molecule has 4 rings (SSSR count). The number of carbonyl (C=O) groups excluding carboxylic acids is 1. The van der Waals surface area contributed by atoms with E-state index < -0.39 is 18.1 Å². The van der Waals surface area contributed by atoms with Crippen molar-refractivity contribution in [3.05, 3.63) is 64.4 Å². The Balaban J connectivity index is 1.72. The number of fused-ring (bicyclic) bond motifs is 1. The SMILES string of the molecule is COc1ccc(-c2noc(=O)n2CC(=O)C(C#N)=C2N(C)c3ccccc3N2C)cc1OC. The molecule has 0 unspecified atom stereocenters. The third-order valence-electron chi connectivity index (χ3n) is 5.48. The number of ether oxygens (including phenoxy) is 2. The molecule has 2 heterocycles. The summed E-state index contributed by atoms with van der Waals surface area (Å²) in [5.74, 6) is 0.125. The van der Waals surface area contributed by atoms with Crippen LogP contribution in [0.5, 0.6) is 11.5 Å². The van der Waals surface area contributed by atoms with E-state index in [1.54, 1.807) is 42.1 Å². The fraction of sp³-hybridized carbons (Fsp3) is 0.217. The number of allylic oxidation sites excluding steroid dienone is 1. The molecule has 1 aromatic heterocycles. The Hall–Kier alpha value is -4.52. The van der Waals surface area contributed by atoms with Crippen molar-refractivity contribution < 1.29 is 18.8 Å². The van der Waals surface area contributed by atoms with Crippen LogP contribution < -0.4 is 25.0 Å². The third-order valence-corrected chi connectivity index (χ3v) is 5.48. The Morgan fingerprint density at radius 1 is 1.06 bits per heavy atom. The van der Waals surface area contributed by atoms with Gasteiger partial charge in [0.1, 0.15) is 17.5 Å². The number of ketones is 1. The maximum atomic E-state index is 13.2. The molecular weight excluding hydrogens is 426 g/mol. The minimum atomic E-state index is -0.813. The Labute approximate surface area is 189 Å². The zero-order valence-electron chi connectivity index (χ0n) is 18.5. The van der Waals surface area contributed by atoms with Crippen LogP contribution in [-0.2, 0) is 11.3 Å². The molecule has 0 saturated heterocycles. The second-order valence-corrected chi connectivity index (χ2v) is 7.27. The summed E-state index contributed by atoms with van der Waals surface area (Å²) in [7, 11) is 6.55. The number of hydrogen-bond donors (Lipinski definition) is 0. The zero-order chi connectivity index (χ0) is 23.7. The predicted molar refractivity (Wildman–Crippen MR) is 120 cm³/mol. The number of Topliss-reactive ketones (excluding diaryl/α,β-unsaturated/α-hetero) is 1. The lowest BCUT2D eigenvalue weighted by Gasteiger charge is -2.20. The number of nitrogens with zero attached hydrogens (tertiary/aromatic N) is 5. The van der Waals surface area contributed by atoms with Crippen LogP contribution >= 0.6 is 0 Å². The summed E-state index contributed by atoms with van der Waals surface area (Å²) in [6, 6.07) is 14.5. The molecule has 10 nitrogen and oxygen atoms in total. The average Bonchev–Trinajstić information content (AvgIpc) is 3.31. The van der Waals surface area contributed by atoms with Crippen LogP contribution in [0.15, 0.2) is 63.2 Å². The van der Waals surface area contributed by atoms with Gasteiger partial charge in [0.25, 0.3) is 0 Å². The summed E-state index contributed by atoms with van der Waals surface area (Å²) in [6.07, 6.45) is 0. The second-order valence-electron chi connectivity index (χ2n) is 7.27. The fourth-order valence-corrected chi connectivity index (χ4v) is 3.87. The standard InChI is InChI=1S/C23H21N5O5/c1-26-16-7-5-6-8-17(16)27(2)22(26)15(12-24)18(29)13-28-21(25-33-23(28)30)14-9-10-19(31-3)20(11-14)32-4/h5-11H,13H2,1-4H3. The molecule has 168 valence electrons. The average molecular weight is 447 g/mol. The molecule has 0 bridgehead atoms. The van der Waals surface area contributed by atoms with Gasteiger partial charge >= 0.3 is 5.76 Å². The molecule has 0 amide bonds. The van der Waals surface area contributed by atoms with Crippen molar-refractivity contribution in [1.82, 2.24) is 9.72 Å². The van der Waals surface area contributed by atoms with E-state index in [2.05, 4.69) is 5.16 Å². The maximum Gasteiger partial charge on any atom is 0.442 e. The van der Waals surface area contributed by atoms with Gasteiger partial charge in [-0.2, -0.15) is 5.26 Å². The van der Waals surface area contributed by atoms with Gasteiger partial charge in [0, 0.05) is 19.7 Å². The number of nitriles is 1. The lowest BCUT2D eigenvalue weighted by Crippen LogP contribution is -2.29. The topological polar surface area (TPSA) is 114 Å². The predicted octanol–water partition coefficient (Wildman–Crippen LogP) is 2.41. The summed E-state index contributed by atoms with van der Waals surface area (Å²) in [6.45, 7) is -0.420. The van der Waals surface area contributed by atoms with E-state index >= 15 is 0 Å². The first-order valence-corrected chi connectivity index (χ1v) is 9.94. The molecule has 0 N–H and O–H groups in total. The molecule has 0 fully saturated rings. The Morgan fingerprint density at radius 2 is 1.70 bits per heavy atom. The van der Waals surface area contributed by atoms with Crippen molar-refractivity contribution in [3.8, 4) is 29.0 Å². The van der Waals surface area contributed by atoms with Crippen molar-refractivity contribution in [3.63, 3.8) is 0 Å². The van der Waals surface area contributed by atoms with E-state index in [1.165, 1.54) is 14.2 Å². The van der Waals surface area contributed by atoms with Gasteiger partial charge in [-0.1, -0.05) is 17.3 Å². The van der Waals surface area contributed by atoms with Crippen molar-refractivity contribution >= 4 is 17.2 Å². The largest absolute Gasteiger partial charge is 0.493 e. The zero-order valence-corrected chi connectivity index (χ0v) is 18.5. The molecular formula is C23H21N5O5. The number of rotatable bonds is 6. The van der Waals surface area contributed by atoms with Crippen LogP contribution in [0, 0.1) is 11.3 Å². The highest BCUT2D eigenvalue weighted by Crippen LogP contribution is 2.40. The normalized spacial score (nSPS) is 12.4. The molecule has 2 aromatic carbocycles. The molecule has 0 atom stereocenters. The molecule has 0 saturated carbocycles. The van der Waals surface area contributed by atoms with Gasteiger partial charge in [0.05, 0.1) is 32.1 Å². The number of carbonyl (C=O) groups is 1. The number of methoxy groups -OCH3 is 2. The van der Waals surface area contributed by atoms with E-state index in [0.717, 1.165) is 15.9 Å². The van der Waals surface area contributed by atoms with Crippen LogP contribution in [0.2, 0.25) is 0 Å². The quantitative estimate of drug-likeness (QED) is 0.415. The summed E-state index contributed by atoms with van der Waals surface area (Å²) in [5, 5.41) is 13.7. The van der Waals surface area contributed by atoms with Gasteiger partial charge in [0.15, 0.2) is 23.1 Å². The van der Waals surface area contributed by atoms with Crippen LogP contribution in [0.25, 0.3) is 11.4 Å². The van der Waals surface area contributed by atoms with E-state index in [4.69, 9.17) is 14.0 Å². The number of hydrogen-bond acceptors (Lipinski definition) is 9. The second kappa shape index (κ2) is 8.55. The van der Waals surface area contributed by atoms with Crippen molar-refractivity contribution in [2.75, 3.05) is 38.1 Å². The van der Waals surface area contributed by atoms with Crippen LogP contribution in [-0.4, -0.2) is 43.8 Å². The molecule has 0 aliphatic carbocycles. The van der Waals surface area contributed by atoms with Crippen molar-refractivity contribution in [2.24, 2.45) is 0 Å². The third kappa shape index (κ3) is 3.59. The number of para-hydroxylation sites is 2. The highest BCUT2D eigenvalue weighted by atomic mass is 16.5. The highest BCUT2D eigenvalue weighted by Gasteiger charge is 2.32. The first-order chi connectivity index (χ1) is 15.9. The maximum absolute atomic E-state index is 13.2. The van der Waals surface area contributed by atoms with Crippen molar-refractivity contribution in [1.29, 1.82) is 5.26 Å². The number of anilines is 2. The number of aromatic nitrogens is 2. The van der Waals surface area contributed by atoms with Gasteiger partial charge in [-0.25, -0.2) is 9.36 Å². The van der Waals surface area contributed by atoms with Gasteiger partial charge in [-0.05, 0) is 30.3 Å². The van der Waals surface area contributed by atoms with Crippen LogP contribution in [0.1, 0.15) is 0 Å². The Bertz CT molecular complexity index is 1330. The molecule has 1 aliphatic heterocycles. The Kier molecular flexibility index (Phi) is 5.62. The van der Waals surface area contributed by atoms with Gasteiger partial charge in [0.2, 0.25) is 0 Å². The lowest BCUT2D eigenvalue weighted by molar-refractivity contribution is -0.115. The summed E-state index contributed by atoms with van der Waals surface area (Å²) in [5.41, 5.74) is 2.13. The van der Waals surface area contributed by atoms with Crippen molar-refractivity contribution in [2.45, 2.75) is 6.54 Å². The monoisotopic (exact) mass is 447 g/mol. The van der Waals surface area contributed by atoms with E-state index in [9.17, 15) is 14.9 Å². The molecule has 0 radical (unpaired) electrons. The molecule has 1 aliphatic rings. The molecule has 10 heteroatoms. The first kappa shape index (κ1) is 21.7.